The van der Waals surface area contributed by atoms with Crippen molar-refractivity contribution in [2.45, 2.75) is 445 Å². The molecule has 3 heterocycles. The molecule has 600 valence electrons. The minimum Gasteiger partial charge on any atom is -0.477 e. The largest absolute Gasteiger partial charge is 0.477 e. The first kappa shape index (κ1) is 93.7. The number of amides is 2. The highest BCUT2D eigenvalue weighted by Crippen LogP contribution is 2.39. The normalized spacial score (nSPS) is 26.7. The Kier molecular flexibility index (Phi) is 53.7. The molecule has 18 atom stereocenters. The van der Waals surface area contributed by atoms with E-state index in [0.29, 0.717) is 19.3 Å². The van der Waals surface area contributed by atoms with Gasteiger partial charge in [-0.1, -0.05) is 289 Å². The van der Waals surface area contributed by atoms with Crippen LogP contribution in [0, 0.1) is 0 Å². The average Bonchev–Trinajstić information content (AvgIpc) is 0.756. The zero-order valence-corrected chi connectivity index (χ0v) is 63.5. The molecule has 0 aromatic rings. The molecule has 3 fully saturated rings. The van der Waals surface area contributed by atoms with Crippen LogP contribution in [0.2, 0.25) is 0 Å². The van der Waals surface area contributed by atoms with Crippen molar-refractivity contribution in [2.75, 3.05) is 26.4 Å². The molecule has 3 aliphatic rings. The number of nitrogens with one attached hydrogen (secondary N) is 2. The first-order chi connectivity index (χ1) is 49.4. The quantitative estimate of drug-likeness (QED) is 0.0199. The van der Waals surface area contributed by atoms with Gasteiger partial charge >= 0.3 is 5.97 Å². The van der Waals surface area contributed by atoms with Crippen LogP contribution in [0.25, 0.3) is 0 Å². The van der Waals surface area contributed by atoms with Crippen molar-refractivity contribution in [1.29, 1.82) is 0 Å². The number of aliphatic hydroxyl groups is 11. The van der Waals surface area contributed by atoms with Crippen LogP contribution in [0.3, 0.4) is 0 Å². The second kappa shape index (κ2) is 58.5. The Morgan fingerprint density at radius 1 is 0.500 bits per heavy atom. The van der Waals surface area contributed by atoms with E-state index in [1.54, 1.807) is 0 Å². The lowest BCUT2D eigenvalue weighted by Gasteiger charge is -2.50. The van der Waals surface area contributed by atoms with E-state index in [4.69, 9.17) is 28.4 Å². The number of hydrogen-bond donors (Lipinski definition) is 14. The number of aliphatic carboxylic acids is 1. The SMILES string of the molecule is CCCCCCCCCCCCCCCCCCCC/C=C\CCCCCCCCCCCCCCCCCCCC(=O)NC(COC1OC(CO)C(OC2OC(CO)C(O)C(OC3(C(=O)O)CC(O)C(NC(C)=O)C(C(O)C(O)CO)O3)C2O)C(O)C1O)C(O)CCCCCCCCCCC. The molecule has 23 nitrogen and oxygen atoms in total. The summed E-state index contributed by atoms with van der Waals surface area (Å²) in [5, 5.41) is 136. The molecule has 2 amide bonds. The fraction of sp³-hybridized carbons (Fsp3) is 0.937. The van der Waals surface area contributed by atoms with Crippen LogP contribution in [-0.2, 0) is 42.8 Å². The predicted molar refractivity (Wildman–Crippen MR) is 394 cm³/mol. The smallest absolute Gasteiger partial charge is 0.364 e. The predicted octanol–water partition coefficient (Wildman–Crippen LogP) is 11.0. The van der Waals surface area contributed by atoms with Crippen LogP contribution in [0.1, 0.15) is 335 Å². The zero-order chi connectivity index (χ0) is 74.6. The number of carboxylic acid groups (broad SMARTS) is 1. The standard InChI is InChI=1S/C79H148N2O21/c1-4-6-8-10-12-14-15-16-17-18-19-20-21-22-23-24-25-26-27-28-29-30-31-32-33-34-35-36-37-38-39-40-41-42-43-45-47-49-51-53-66(89)81-60(61(86)52-50-48-46-44-13-11-9-7-5-2)58-97-76-71(93)70(92)73(65(57-84)99-76)100-77-72(94)75(69(91)64(56-83)98-77)102-79(78(95)96)54-62(87)67(80-59(3)85)74(101-79)68(90)63(88)55-82/h28-29,60-65,67-77,82-84,86-88,90-94H,4-27,30-58H2,1-3H3,(H,80,85)(H,81,89)(H,95,96)/b29-28-. The van der Waals surface area contributed by atoms with Gasteiger partial charge in [0.1, 0.15) is 67.1 Å². The highest BCUT2D eigenvalue weighted by Gasteiger charge is 2.60. The summed E-state index contributed by atoms with van der Waals surface area (Å²) in [6.07, 6.45) is 34.4. The molecular weight excluding hydrogens is 1310 g/mol. The Bertz CT molecular complexity index is 2080. The third-order valence-corrected chi connectivity index (χ3v) is 21.0. The van der Waals surface area contributed by atoms with Crippen molar-refractivity contribution in [3.05, 3.63) is 12.2 Å². The van der Waals surface area contributed by atoms with Crippen molar-refractivity contribution < 1.29 is 104 Å². The molecule has 102 heavy (non-hydrogen) atoms. The van der Waals surface area contributed by atoms with Gasteiger partial charge in [-0.05, 0) is 38.5 Å². The van der Waals surface area contributed by atoms with Crippen LogP contribution in [0.5, 0.6) is 0 Å². The summed E-state index contributed by atoms with van der Waals surface area (Å²) in [6.45, 7) is 2.20. The van der Waals surface area contributed by atoms with Gasteiger partial charge in [0.2, 0.25) is 11.8 Å². The number of carbonyl (C=O) groups excluding carboxylic acids is 2. The van der Waals surface area contributed by atoms with Gasteiger partial charge in [-0.15, -0.1) is 0 Å². The topological polar surface area (TPSA) is 373 Å². The number of allylic oxidation sites excluding steroid dienone is 2. The van der Waals surface area contributed by atoms with E-state index in [9.17, 15) is 75.7 Å². The molecule has 3 rings (SSSR count). The molecule has 0 spiro atoms. The van der Waals surface area contributed by atoms with Gasteiger partial charge in [0, 0.05) is 19.8 Å². The number of aliphatic hydroxyl groups excluding tert-OH is 11. The van der Waals surface area contributed by atoms with Crippen LogP contribution in [0.15, 0.2) is 12.2 Å². The summed E-state index contributed by atoms with van der Waals surface area (Å²) in [5.74, 6) is -6.10. The number of unbranched alkanes of at least 4 members (excludes halogenated alkanes) is 43. The Morgan fingerprint density at radius 2 is 0.912 bits per heavy atom. The van der Waals surface area contributed by atoms with Crippen molar-refractivity contribution in [2.24, 2.45) is 0 Å². The number of carbonyl (C=O) groups is 3. The maximum Gasteiger partial charge on any atom is 0.364 e. The van der Waals surface area contributed by atoms with Gasteiger partial charge in [-0.25, -0.2) is 4.79 Å². The molecule has 3 aliphatic heterocycles. The molecule has 0 radical (unpaired) electrons. The highest BCUT2D eigenvalue weighted by atomic mass is 16.8. The van der Waals surface area contributed by atoms with Gasteiger partial charge in [0.15, 0.2) is 12.6 Å². The fourth-order valence-corrected chi connectivity index (χ4v) is 14.5. The van der Waals surface area contributed by atoms with Crippen molar-refractivity contribution >= 4 is 17.8 Å². The molecule has 0 aliphatic carbocycles. The maximum absolute atomic E-state index is 13.5. The summed E-state index contributed by atoms with van der Waals surface area (Å²) in [7, 11) is 0. The minimum atomic E-state index is -3.08. The monoisotopic (exact) mass is 1460 g/mol. The number of ether oxygens (including phenoxy) is 6. The fourth-order valence-electron chi connectivity index (χ4n) is 14.5. The molecule has 23 heteroatoms. The van der Waals surface area contributed by atoms with Gasteiger partial charge in [-0.3, -0.25) is 9.59 Å². The second-order valence-electron chi connectivity index (χ2n) is 30.0. The van der Waals surface area contributed by atoms with Gasteiger partial charge < -0.3 is 100 Å². The van der Waals surface area contributed by atoms with E-state index in [2.05, 4.69) is 36.6 Å². The lowest BCUT2D eigenvalue weighted by Crippen LogP contribution is -2.70. The van der Waals surface area contributed by atoms with E-state index < -0.39 is 148 Å². The second-order valence-corrected chi connectivity index (χ2v) is 30.0. The lowest BCUT2D eigenvalue weighted by molar-refractivity contribution is -0.386. The van der Waals surface area contributed by atoms with E-state index in [1.807, 2.05) is 0 Å². The van der Waals surface area contributed by atoms with Crippen molar-refractivity contribution in [1.82, 2.24) is 10.6 Å². The van der Waals surface area contributed by atoms with Crippen LogP contribution in [0.4, 0.5) is 0 Å². The Labute approximate surface area is 613 Å². The number of carboxylic acids is 1. The van der Waals surface area contributed by atoms with Crippen LogP contribution in [-0.4, -0.2) is 215 Å². The van der Waals surface area contributed by atoms with Crippen LogP contribution < -0.4 is 10.6 Å². The van der Waals surface area contributed by atoms with E-state index >= 15 is 0 Å². The van der Waals surface area contributed by atoms with Gasteiger partial charge in [0.25, 0.3) is 5.79 Å². The molecule has 0 aromatic carbocycles. The third-order valence-electron chi connectivity index (χ3n) is 21.0. The molecular formula is C79H148N2O21. The number of rotatable bonds is 65. The zero-order valence-electron chi connectivity index (χ0n) is 63.5. The summed E-state index contributed by atoms with van der Waals surface area (Å²) < 4.78 is 34.8. The number of hydrogen-bond acceptors (Lipinski definition) is 20. The van der Waals surface area contributed by atoms with Gasteiger partial charge in [0.05, 0.1) is 50.7 Å². The Morgan fingerprint density at radius 3 is 1.32 bits per heavy atom. The Hall–Kier alpha value is -2.53. The maximum atomic E-state index is 13.5. The summed E-state index contributed by atoms with van der Waals surface area (Å²) >= 11 is 0. The molecule has 18 unspecified atom stereocenters. The summed E-state index contributed by atoms with van der Waals surface area (Å²) in [4.78, 5) is 38.6. The third kappa shape index (κ3) is 38.5. The van der Waals surface area contributed by atoms with Crippen molar-refractivity contribution in [3.63, 3.8) is 0 Å². The lowest BCUT2D eigenvalue weighted by atomic mass is 9.88. The molecule has 0 aromatic heterocycles. The molecule has 0 bridgehead atoms. The summed E-state index contributed by atoms with van der Waals surface area (Å²) in [6, 6.07) is -2.53. The molecule has 3 saturated heterocycles. The molecule has 0 saturated carbocycles. The van der Waals surface area contributed by atoms with Crippen LogP contribution >= 0.6 is 0 Å². The van der Waals surface area contributed by atoms with E-state index in [-0.39, 0.29) is 18.9 Å². The van der Waals surface area contributed by atoms with Crippen molar-refractivity contribution in [3.8, 4) is 0 Å². The van der Waals surface area contributed by atoms with E-state index in [1.165, 1.54) is 231 Å². The Balaban J connectivity index is 1.35. The van der Waals surface area contributed by atoms with Gasteiger partial charge in [-0.2, -0.15) is 0 Å². The summed E-state index contributed by atoms with van der Waals surface area (Å²) in [5.41, 5.74) is 0. The average molecular weight is 1460 g/mol. The molecule has 14 N–H and O–H groups in total. The first-order valence-electron chi connectivity index (χ1n) is 41.0. The van der Waals surface area contributed by atoms with E-state index in [0.717, 1.165) is 58.3 Å². The minimum absolute atomic E-state index is 0.227. The highest BCUT2D eigenvalue weighted by molar-refractivity contribution is 5.77. The first-order valence-corrected chi connectivity index (χ1v) is 41.0.